The van der Waals surface area contributed by atoms with Crippen molar-refractivity contribution < 1.29 is 9.90 Å². The summed E-state index contributed by atoms with van der Waals surface area (Å²) < 4.78 is 0. The number of urea groups is 1. The molecule has 19 heavy (non-hydrogen) atoms. The standard InChI is InChI=1S/C15H20N2O2/c1-12(2)17-15(19)16-11-14-8-6-13(7-9-14)5-3-4-10-18/h6-9,12,18H,4,10-11H2,1-2H3,(H2,16,17,19). The summed E-state index contributed by atoms with van der Waals surface area (Å²) in [7, 11) is 0. The van der Waals surface area contributed by atoms with Crippen LogP contribution in [-0.4, -0.2) is 23.8 Å². The van der Waals surface area contributed by atoms with Crippen molar-refractivity contribution in [3.63, 3.8) is 0 Å². The van der Waals surface area contributed by atoms with Gasteiger partial charge in [0.1, 0.15) is 0 Å². The maximum Gasteiger partial charge on any atom is 0.315 e. The second kappa shape index (κ2) is 8.17. The molecule has 4 nitrogen and oxygen atoms in total. The minimum atomic E-state index is -0.165. The molecule has 0 bridgehead atoms. The number of aliphatic hydroxyl groups excluding tert-OH is 1. The smallest absolute Gasteiger partial charge is 0.315 e. The first-order chi connectivity index (χ1) is 9.11. The second-order valence-electron chi connectivity index (χ2n) is 4.45. The molecule has 0 aromatic heterocycles. The third-order valence-corrected chi connectivity index (χ3v) is 2.30. The van der Waals surface area contributed by atoms with Crippen molar-refractivity contribution in [3.05, 3.63) is 35.4 Å². The normalized spacial score (nSPS) is 9.68. The Hall–Kier alpha value is -1.99. The number of hydrogen-bond donors (Lipinski definition) is 3. The maximum atomic E-state index is 11.4. The molecule has 0 spiro atoms. The molecule has 4 heteroatoms. The van der Waals surface area contributed by atoms with Gasteiger partial charge in [0.2, 0.25) is 0 Å². The Morgan fingerprint density at radius 2 is 2.00 bits per heavy atom. The zero-order chi connectivity index (χ0) is 14.1. The monoisotopic (exact) mass is 260 g/mol. The first-order valence-electron chi connectivity index (χ1n) is 6.35. The molecule has 0 aliphatic rings. The molecular weight excluding hydrogens is 240 g/mol. The summed E-state index contributed by atoms with van der Waals surface area (Å²) in [6.07, 6.45) is 0.485. The minimum Gasteiger partial charge on any atom is -0.395 e. The van der Waals surface area contributed by atoms with Crippen LogP contribution in [0.1, 0.15) is 31.4 Å². The molecule has 0 radical (unpaired) electrons. The average Bonchev–Trinajstić information content (AvgIpc) is 2.37. The van der Waals surface area contributed by atoms with Crippen molar-refractivity contribution in [2.75, 3.05) is 6.61 Å². The van der Waals surface area contributed by atoms with Gasteiger partial charge in [-0.3, -0.25) is 0 Å². The van der Waals surface area contributed by atoms with Gasteiger partial charge in [0, 0.05) is 24.6 Å². The van der Waals surface area contributed by atoms with Crippen LogP contribution in [0, 0.1) is 11.8 Å². The topological polar surface area (TPSA) is 61.4 Å². The van der Waals surface area contributed by atoms with Crippen LogP contribution in [0.5, 0.6) is 0 Å². The highest BCUT2D eigenvalue weighted by Crippen LogP contribution is 2.03. The molecule has 0 heterocycles. The molecule has 2 amide bonds. The Bertz CT molecular complexity index is 455. The number of nitrogens with one attached hydrogen (secondary N) is 2. The van der Waals surface area contributed by atoms with E-state index >= 15 is 0 Å². The second-order valence-corrected chi connectivity index (χ2v) is 4.45. The molecule has 102 valence electrons. The molecule has 0 unspecified atom stereocenters. The van der Waals surface area contributed by atoms with E-state index in [0.717, 1.165) is 11.1 Å². The Balaban J connectivity index is 2.45. The Morgan fingerprint density at radius 1 is 1.32 bits per heavy atom. The van der Waals surface area contributed by atoms with Crippen molar-refractivity contribution in [3.8, 4) is 11.8 Å². The number of rotatable bonds is 4. The number of aliphatic hydroxyl groups is 1. The summed E-state index contributed by atoms with van der Waals surface area (Å²) in [6, 6.07) is 7.63. The summed E-state index contributed by atoms with van der Waals surface area (Å²) in [6.45, 7) is 4.40. The molecule has 0 aliphatic heterocycles. The third kappa shape index (κ3) is 6.49. The zero-order valence-corrected chi connectivity index (χ0v) is 11.4. The minimum absolute atomic E-state index is 0.0833. The van der Waals surface area contributed by atoms with Crippen molar-refractivity contribution in [2.45, 2.75) is 32.9 Å². The lowest BCUT2D eigenvalue weighted by Gasteiger charge is -2.10. The summed E-state index contributed by atoms with van der Waals surface area (Å²) in [5.41, 5.74) is 1.93. The third-order valence-electron chi connectivity index (χ3n) is 2.30. The molecule has 1 aromatic rings. The van der Waals surface area contributed by atoms with E-state index in [-0.39, 0.29) is 18.7 Å². The molecule has 1 aromatic carbocycles. The fraction of sp³-hybridized carbons (Fsp3) is 0.400. The van der Waals surface area contributed by atoms with E-state index in [1.807, 2.05) is 38.1 Å². The predicted molar refractivity (Wildman–Crippen MR) is 75.5 cm³/mol. The van der Waals surface area contributed by atoms with Crippen molar-refractivity contribution in [1.82, 2.24) is 10.6 Å². The summed E-state index contributed by atoms with van der Waals surface area (Å²) in [4.78, 5) is 11.4. The molecule has 0 aliphatic carbocycles. The van der Waals surface area contributed by atoms with Gasteiger partial charge in [0.25, 0.3) is 0 Å². The predicted octanol–water partition coefficient (Wildman–Crippen LogP) is 1.63. The maximum absolute atomic E-state index is 11.4. The van der Waals surface area contributed by atoms with E-state index in [0.29, 0.717) is 13.0 Å². The van der Waals surface area contributed by atoms with Crippen molar-refractivity contribution in [1.29, 1.82) is 0 Å². The van der Waals surface area contributed by atoms with Crippen LogP contribution in [-0.2, 0) is 6.54 Å². The Morgan fingerprint density at radius 3 is 2.58 bits per heavy atom. The van der Waals surface area contributed by atoms with E-state index in [4.69, 9.17) is 5.11 Å². The number of amides is 2. The van der Waals surface area contributed by atoms with Crippen LogP contribution in [0.4, 0.5) is 4.79 Å². The number of carbonyl (C=O) groups excluding carboxylic acids is 1. The van der Waals surface area contributed by atoms with Crippen LogP contribution in [0.15, 0.2) is 24.3 Å². The van der Waals surface area contributed by atoms with Gasteiger partial charge in [0.05, 0.1) is 6.61 Å². The van der Waals surface area contributed by atoms with Gasteiger partial charge in [-0.2, -0.15) is 0 Å². The van der Waals surface area contributed by atoms with Crippen LogP contribution < -0.4 is 10.6 Å². The van der Waals surface area contributed by atoms with Gasteiger partial charge in [-0.15, -0.1) is 0 Å². The van der Waals surface area contributed by atoms with Gasteiger partial charge in [0.15, 0.2) is 0 Å². The van der Waals surface area contributed by atoms with Crippen LogP contribution in [0.25, 0.3) is 0 Å². The SMILES string of the molecule is CC(C)NC(=O)NCc1ccc(C#CCCO)cc1. The largest absolute Gasteiger partial charge is 0.395 e. The summed E-state index contributed by atoms with van der Waals surface area (Å²) in [5, 5.41) is 14.2. The highest BCUT2D eigenvalue weighted by molar-refractivity contribution is 5.74. The summed E-state index contributed by atoms with van der Waals surface area (Å²) >= 11 is 0. The Kier molecular flexibility index (Phi) is 6.48. The van der Waals surface area contributed by atoms with E-state index < -0.39 is 0 Å². The van der Waals surface area contributed by atoms with Crippen molar-refractivity contribution in [2.24, 2.45) is 0 Å². The molecule has 1 rings (SSSR count). The van der Waals surface area contributed by atoms with Crippen LogP contribution in [0.2, 0.25) is 0 Å². The van der Waals surface area contributed by atoms with E-state index in [1.165, 1.54) is 0 Å². The highest BCUT2D eigenvalue weighted by atomic mass is 16.2. The molecule has 0 atom stereocenters. The zero-order valence-electron chi connectivity index (χ0n) is 11.4. The first-order valence-corrected chi connectivity index (χ1v) is 6.35. The highest BCUT2D eigenvalue weighted by Gasteiger charge is 2.01. The van der Waals surface area contributed by atoms with Gasteiger partial charge in [-0.25, -0.2) is 4.79 Å². The molecule has 0 fully saturated rings. The average molecular weight is 260 g/mol. The van der Waals surface area contributed by atoms with Gasteiger partial charge < -0.3 is 15.7 Å². The lowest BCUT2D eigenvalue weighted by molar-refractivity contribution is 0.238. The van der Waals surface area contributed by atoms with Gasteiger partial charge in [-0.05, 0) is 31.5 Å². The molecule has 0 saturated heterocycles. The number of hydrogen-bond acceptors (Lipinski definition) is 2. The van der Waals surface area contributed by atoms with Gasteiger partial charge in [-0.1, -0.05) is 24.0 Å². The number of carbonyl (C=O) groups is 1. The van der Waals surface area contributed by atoms with Gasteiger partial charge >= 0.3 is 6.03 Å². The number of benzene rings is 1. The van der Waals surface area contributed by atoms with E-state index in [1.54, 1.807) is 0 Å². The lowest BCUT2D eigenvalue weighted by atomic mass is 10.1. The van der Waals surface area contributed by atoms with Crippen LogP contribution >= 0.6 is 0 Å². The fourth-order valence-corrected chi connectivity index (χ4v) is 1.42. The molecular formula is C15H20N2O2. The molecule has 0 saturated carbocycles. The first kappa shape index (κ1) is 15.1. The lowest BCUT2D eigenvalue weighted by Crippen LogP contribution is -2.39. The fourth-order valence-electron chi connectivity index (χ4n) is 1.42. The van der Waals surface area contributed by atoms with Crippen LogP contribution in [0.3, 0.4) is 0 Å². The quantitative estimate of drug-likeness (QED) is 0.721. The van der Waals surface area contributed by atoms with Crippen molar-refractivity contribution >= 4 is 6.03 Å². The summed E-state index contributed by atoms with van der Waals surface area (Å²) in [5.74, 6) is 5.82. The van der Waals surface area contributed by atoms with E-state index in [2.05, 4.69) is 22.5 Å². The molecule has 3 N–H and O–H groups in total. The van der Waals surface area contributed by atoms with E-state index in [9.17, 15) is 4.79 Å². The Labute approximate surface area is 114 Å².